The van der Waals surface area contributed by atoms with Gasteiger partial charge in [-0.05, 0) is 29.8 Å². The molecule has 0 atom stereocenters. The Hall–Kier alpha value is -1.94. The van der Waals surface area contributed by atoms with Crippen LogP contribution in [0.5, 0.6) is 0 Å². The van der Waals surface area contributed by atoms with Crippen LogP contribution in [0.3, 0.4) is 0 Å². The molecule has 2 heterocycles. The third-order valence-electron chi connectivity index (χ3n) is 4.64. The van der Waals surface area contributed by atoms with Gasteiger partial charge >= 0.3 is 0 Å². The molecule has 29 heavy (non-hydrogen) atoms. The number of aromatic nitrogens is 1. The van der Waals surface area contributed by atoms with Gasteiger partial charge in [-0.15, -0.1) is 24.0 Å². The van der Waals surface area contributed by atoms with Gasteiger partial charge in [-0.1, -0.05) is 23.7 Å². The minimum atomic E-state index is -0.345. The number of hydrogen-bond donors (Lipinski definition) is 1. The highest BCUT2D eigenvalue weighted by Crippen LogP contribution is 2.13. The summed E-state index contributed by atoms with van der Waals surface area (Å²) in [6.07, 6.45) is 1.90. The van der Waals surface area contributed by atoms with Crippen molar-refractivity contribution in [2.75, 3.05) is 33.2 Å². The second-order valence-corrected chi connectivity index (χ2v) is 6.94. The fourth-order valence-corrected chi connectivity index (χ4v) is 3.36. The van der Waals surface area contributed by atoms with Gasteiger partial charge in [0.15, 0.2) is 5.96 Å². The average molecular weight is 532 g/mol. The predicted octanol–water partition coefficient (Wildman–Crippen LogP) is 2.95. The second kappa shape index (κ2) is 11.3. The summed E-state index contributed by atoms with van der Waals surface area (Å²) in [6.45, 7) is 2.79. The Morgan fingerprint density at radius 3 is 2.59 bits per heavy atom. The van der Waals surface area contributed by atoms with E-state index in [1.807, 2.05) is 23.1 Å². The Balaban J connectivity index is 0.00000300. The van der Waals surface area contributed by atoms with Gasteiger partial charge in [-0.2, -0.15) is 0 Å². The van der Waals surface area contributed by atoms with Gasteiger partial charge < -0.3 is 15.1 Å². The number of hydrogen-bond acceptors (Lipinski definition) is 3. The van der Waals surface area contributed by atoms with Crippen molar-refractivity contribution < 1.29 is 9.18 Å². The number of guanidine groups is 1. The summed E-state index contributed by atoms with van der Waals surface area (Å²) in [7, 11) is 1.69. The molecule has 0 saturated carbocycles. The zero-order valence-electron chi connectivity index (χ0n) is 16.1. The lowest BCUT2D eigenvalue weighted by Gasteiger charge is -2.36. The summed E-state index contributed by atoms with van der Waals surface area (Å²) < 4.78 is 13.7. The molecule has 1 N–H and O–H groups in total. The molecule has 6 nitrogen and oxygen atoms in total. The molecule has 1 aliphatic heterocycles. The van der Waals surface area contributed by atoms with Crippen LogP contribution in [-0.4, -0.2) is 59.9 Å². The van der Waals surface area contributed by atoms with Crippen molar-refractivity contribution in [2.45, 2.75) is 13.0 Å². The Labute approximate surface area is 192 Å². The van der Waals surface area contributed by atoms with Crippen molar-refractivity contribution in [3.05, 3.63) is 64.7 Å². The number of halogens is 3. The van der Waals surface area contributed by atoms with Crippen LogP contribution in [0.25, 0.3) is 0 Å². The lowest BCUT2D eigenvalue weighted by molar-refractivity contribution is -0.131. The lowest BCUT2D eigenvalue weighted by Crippen LogP contribution is -2.54. The summed E-state index contributed by atoms with van der Waals surface area (Å²) >= 11 is 5.99. The van der Waals surface area contributed by atoms with Crippen LogP contribution < -0.4 is 5.32 Å². The smallest absolute Gasteiger partial charge is 0.227 e. The summed E-state index contributed by atoms with van der Waals surface area (Å²) in [4.78, 5) is 24.8. The predicted molar refractivity (Wildman–Crippen MR) is 123 cm³/mol. The molecule has 3 rings (SSSR count). The van der Waals surface area contributed by atoms with Crippen molar-refractivity contribution in [1.82, 2.24) is 20.1 Å². The van der Waals surface area contributed by atoms with Crippen LogP contribution in [0.4, 0.5) is 4.39 Å². The first-order chi connectivity index (χ1) is 13.6. The van der Waals surface area contributed by atoms with E-state index in [2.05, 4.69) is 20.2 Å². The number of nitrogens with one attached hydrogen (secondary N) is 1. The first-order valence-corrected chi connectivity index (χ1v) is 9.52. The molecule has 0 unspecified atom stereocenters. The topological polar surface area (TPSA) is 60.8 Å². The maximum absolute atomic E-state index is 13.7. The van der Waals surface area contributed by atoms with Gasteiger partial charge in [0.2, 0.25) is 5.91 Å². The molecule has 0 radical (unpaired) electrons. The van der Waals surface area contributed by atoms with E-state index in [4.69, 9.17) is 11.6 Å². The summed E-state index contributed by atoms with van der Waals surface area (Å²) in [5.74, 6) is 0.411. The second-order valence-electron chi connectivity index (χ2n) is 6.51. The van der Waals surface area contributed by atoms with Gasteiger partial charge in [-0.3, -0.25) is 14.8 Å². The molecule has 0 aliphatic carbocycles. The summed E-state index contributed by atoms with van der Waals surface area (Å²) in [5.41, 5.74) is 1.26. The van der Waals surface area contributed by atoms with Gasteiger partial charge in [0.05, 0.1) is 18.7 Å². The molecule has 1 fully saturated rings. The molecular weight excluding hydrogens is 508 g/mol. The summed E-state index contributed by atoms with van der Waals surface area (Å²) in [5, 5.41) is 3.78. The van der Waals surface area contributed by atoms with Crippen molar-refractivity contribution in [3.8, 4) is 0 Å². The molecule has 1 saturated heterocycles. The lowest BCUT2D eigenvalue weighted by atomic mass is 10.1. The van der Waals surface area contributed by atoms with Crippen LogP contribution in [0.15, 0.2) is 47.6 Å². The minimum Gasteiger partial charge on any atom is -0.350 e. The molecule has 0 spiro atoms. The fraction of sp³-hybridized carbons (Fsp3) is 0.350. The quantitative estimate of drug-likeness (QED) is 0.374. The van der Waals surface area contributed by atoms with Crippen LogP contribution in [0, 0.1) is 5.82 Å². The largest absolute Gasteiger partial charge is 0.350 e. The van der Waals surface area contributed by atoms with Crippen LogP contribution in [0.1, 0.15) is 11.3 Å². The highest BCUT2D eigenvalue weighted by molar-refractivity contribution is 14.0. The number of amides is 1. The van der Waals surface area contributed by atoms with E-state index in [0.717, 1.165) is 5.56 Å². The number of carbonyl (C=O) groups is 1. The van der Waals surface area contributed by atoms with Crippen molar-refractivity contribution >= 4 is 47.4 Å². The third kappa shape index (κ3) is 6.53. The number of aliphatic imine (C=N–C) groups is 1. The molecule has 156 valence electrons. The van der Waals surface area contributed by atoms with E-state index in [9.17, 15) is 9.18 Å². The average Bonchev–Trinajstić information content (AvgIpc) is 2.70. The molecule has 1 aliphatic rings. The Morgan fingerprint density at radius 1 is 1.21 bits per heavy atom. The van der Waals surface area contributed by atoms with Crippen LogP contribution in [-0.2, 0) is 17.8 Å². The van der Waals surface area contributed by atoms with E-state index in [1.54, 1.807) is 25.4 Å². The maximum Gasteiger partial charge on any atom is 0.227 e. The molecule has 9 heteroatoms. The number of rotatable bonds is 4. The number of pyridine rings is 1. The zero-order chi connectivity index (χ0) is 19.9. The molecule has 2 aromatic rings. The number of nitrogens with zero attached hydrogens (tertiary/aromatic N) is 4. The monoisotopic (exact) mass is 531 g/mol. The summed E-state index contributed by atoms with van der Waals surface area (Å²) in [6, 6.07) is 10.3. The molecule has 1 amide bonds. The fourth-order valence-electron chi connectivity index (χ4n) is 3.14. The minimum absolute atomic E-state index is 0. The van der Waals surface area contributed by atoms with Crippen molar-refractivity contribution in [2.24, 2.45) is 4.99 Å². The Bertz CT molecular complexity index is 858. The number of carbonyl (C=O) groups excluding carboxylic acids is 1. The third-order valence-corrected chi connectivity index (χ3v) is 4.87. The highest BCUT2D eigenvalue weighted by atomic mass is 127. The van der Waals surface area contributed by atoms with Crippen molar-refractivity contribution in [1.29, 1.82) is 0 Å². The standard InChI is InChI=1S/C20H23ClFN5O.HI/c1-23-20(25-14-18-17(22)6-3-7-24-18)27-10-8-26(9-11-27)19(28)13-15-4-2-5-16(21)12-15;/h2-7,12H,8-11,13-14H2,1H3,(H,23,25);1H. The van der Waals surface area contributed by atoms with Gasteiger partial charge in [-0.25, -0.2) is 4.39 Å². The van der Waals surface area contributed by atoms with Crippen molar-refractivity contribution in [3.63, 3.8) is 0 Å². The van der Waals surface area contributed by atoms with Crippen LogP contribution in [0.2, 0.25) is 5.02 Å². The van der Waals surface area contributed by atoms with E-state index in [0.29, 0.717) is 49.3 Å². The van der Waals surface area contributed by atoms with E-state index in [1.165, 1.54) is 6.07 Å². The first-order valence-electron chi connectivity index (χ1n) is 9.14. The van der Waals surface area contributed by atoms with Gasteiger partial charge in [0.25, 0.3) is 0 Å². The van der Waals surface area contributed by atoms with Gasteiger partial charge in [0, 0.05) is 44.4 Å². The van der Waals surface area contributed by atoms with E-state index < -0.39 is 0 Å². The first kappa shape index (κ1) is 23.3. The van der Waals surface area contributed by atoms with E-state index in [-0.39, 0.29) is 42.2 Å². The van der Waals surface area contributed by atoms with Gasteiger partial charge in [0.1, 0.15) is 5.82 Å². The van der Waals surface area contributed by atoms with Crippen LogP contribution >= 0.6 is 35.6 Å². The Kier molecular flexibility index (Phi) is 9.09. The Morgan fingerprint density at radius 2 is 1.93 bits per heavy atom. The normalized spacial score (nSPS) is 14.4. The highest BCUT2D eigenvalue weighted by Gasteiger charge is 2.23. The molecular formula is C20H24ClFIN5O. The zero-order valence-corrected chi connectivity index (χ0v) is 19.2. The molecule has 1 aromatic carbocycles. The maximum atomic E-state index is 13.7. The SMILES string of the molecule is CN=C(NCc1ncccc1F)N1CCN(C(=O)Cc2cccc(Cl)c2)CC1.I. The number of benzene rings is 1. The van der Waals surface area contributed by atoms with E-state index >= 15 is 0 Å². The molecule has 0 bridgehead atoms. The molecule has 1 aromatic heterocycles. The number of piperazine rings is 1.